The van der Waals surface area contributed by atoms with E-state index in [0.717, 1.165) is 23.4 Å². The van der Waals surface area contributed by atoms with Gasteiger partial charge in [0.2, 0.25) is 0 Å². The Kier molecular flexibility index (Phi) is 6.45. The number of nitrogens with zero attached hydrogens (tertiary/aromatic N) is 2. The summed E-state index contributed by atoms with van der Waals surface area (Å²) in [6.07, 6.45) is 0.261. The van der Waals surface area contributed by atoms with Crippen LogP contribution in [0.4, 0.5) is 0 Å². The third-order valence-electron chi connectivity index (χ3n) is 4.64. The second-order valence-corrected chi connectivity index (χ2v) is 6.24. The standard InChI is InChI=1S/C19H29N3O3/c1-7-17(19-12(2)21-22(4)13(19)3)20-11-18(23)14-8-15(24-5)10-16(9-14)25-6/h8-10,17-18,20,23H,7,11H2,1-6H3. The third-order valence-corrected chi connectivity index (χ3v) is 4.64. The number of nitrogens with one attached hydrogen (secondary N) is 1. The predicted octanol–water partition coefficient (Wildman–Crippen LogP) is 2.83. The van der Waals surface area contributed by atoms with Crippen molar-refractivity contribution in [2.24, 2.45) is 7.05 Å². The van der Waals surface area contributed by atoms with Gasteiger partial charge in [-0.1, -0.05) is 6.92 Å². The number of methoxy groups -OCH3 is 2. The van der Waals surface area contributed by atoms with Gasteiger partial charge in [-0.25, -0.2) is 0 Å². The second kappa shape index (κ2) is 8.36. The first-order valence-corrected chi connectivity index (χ1v) is 8.55. The van der Waals surface area contributed by atoms with Crippen LogP contribution in [-0.2, 0) is 7.05 Å². The zero-order valence-electron chi connectivity index (χ0n) is 16.0. The molecule has 138 valence electrons. The number of aliphatic hydroxyl groups is 1. The number of aliphatic hydroxyl groups excluding tert-OH is 1. The summed E-state index contributed by atoms with van der Waals surface area (Å²) in [6.45, 7) is 6.66. The molecule has 0 saturated heterocycles. The van der Waals surface area contributed by atoms with Crippen molar-refractivity contribution in [1.29, 1.82) is 0 Å². The van der Waals surface area contributed by atoms with Crippen LogP contribution in [0.3, 0.4) is 0 Å². The van der Waals surface area contributed by atoms with Crippen LogP contribution in [0.15, 0.2) is 18.2 Å². The van der Waals surface area contributed by atoms with Crippen molar-refractivity contribution in [2.45, 2.75) is 39.3 Å². The highest BCUT2D eigenvalue weighted by Crippen LogP contribution is 2.28. The van der Waals surface area contributed by atoms with Crippen molar-refractivity contribution in [1.82, 2.24) is 15.1 Å². The molecule has 2 unspecified atom stereocenters. The molecule has 2 atom stereocenters. The van der Waals surface area contributed by atoms with Gasteiger partial charge in [0.05, 0.1) is 26.0 Å². The Balaban J connectivity index is 2.13. The van der Waals surface area contributed by atoms with Gasteiger partial charge in [-0.15, -0.1) is 0 Å². The summed E-state index contributed by atoms with van der Waals surface area (Å²) < 4.78 is 12.5. The van der Waals surface area contributed by atoms with Crippen LogP contribution in [0.1, 0.15) is 48.0 Å². The molecule has 0 amide bonds. The normalized spacial score (nSPS) is 13.6. The highest BCUT2D eigenvalue weighted by atomic mass is 16.5. The molecule has 0 aliphatic carbocycles. The number of aromatic nitrogens is 2. The van der Waals surface area contributed by atoms with Gasteiger partial charge in [-0.3, -0.25) is 4.68 Å². The van der Waals surface area contributed by atoms with E-state index in [2.05, 4.69) is 24.3 Å². The van der Waals surface area contributed by atoms with E-state index in [1.807, 2.05) is 30.8 Å². The lowest BCUT2D eigenvalue weighted by molar-refractivity contribution is 0.168. The van der Waals surface area contributed by atoms with Gasteiger partial charge in [-0.2, -0.15) is 5.10 Å². The number of benzene rings is 1. The lowest BCUT2D eigenvalue weighted by Crippen LogP contribution is -2.27. The van der Waals surface area contributed by atoms with E-state index in [0.29, 0.717) is 18.0 Å². The van der Waals surface area contributed by atoms with Crippen LogP contribution < -0.4 is 14.8 Å². The molecule has 0 saturated carbocycles. The smallest absolute Gasteiger partial charge is 0.122 e. The molecule has 0 radical (unpaired) electrons. The van der Waals surface area contributed by atoms with Gasteiger partial charge >= 0.3 is 0 Å². The fourth-order valence-corrected chi connectivity index (χ4v) is 3.14. The molecule has 1 heterocycles. The topological polar surface area (TPSA) is 68.5 Å². The number of rotatable bonds is 8. The zero-order valence-corrected chi connectivity index (χ0v) is 16.0. The van der Waals surface area contributed by atoms with Crippen LogP contribution in [0.25, 0.3) is 0 Å². The van der Waals surface area contributed by atoms with Crippen LogP contribution in [-0.4, -0.2) is 35.7 Å². The largest absolute Gasteiger partial charge is 0.497 e. The molecule has 6 heteroatoms. The van der Waals surface area contributed by atoms with Crippen molar-refractivity contribution < 1.29 is 14.6 Å². The number of hydrogen-bond acceptors (Lipinski definition) is 5. The summed E-state index contributed by atoms with van der Waals surface area (Å²) in [5.74, 6) is 1.33. The van der Waals surface area contributed by atoms with Gasteiger partial charge in [0.25, 0.3) is 0 Å². The molecule has 0 aliphatic heterocycles. The van der Waals surface area contributed by atoms with E-state index in [1.54, 1.807) is 20.3 Å². The molecule has 0 fully saturated rings. The first-order valence-electron chi connectivity index (χ1n) is 8.55. The van der Waals surface area contributed by atoms with Crippen LogP contribution in [0.5, 0.6) is 11.5 Å². The van der Waals surface area contributed by atoms with Crippen molar-refractivity contribution in [3.8, 4) is 11.5 Å². The van der Waals surface area contributed by atoms with Gasteiger partial charge < -0.3 is 19.9 Å². The van der Waals surface area contributed by atoms with Gasteiger partial charge in [0.15, 0.2) is 0 Å². The Labute approximate surface area is 149 Å². The van der Waals surface area contributed by atoms with E-state index in [1.165, 1.54) is 5.56 Å². The van der Waals surface area contributed by atoms with Gasteiger partial charge in [0, 0.05) is 37.0 Å². The highest BCUT2D eigenvalue weighted by molar-refractivity contribution is 5.39. The summed E-state index contributed by atoms with van der Waals surface area (Å²) in [5.41, 5.74) is 4.14. The molecule has 6 nitrogen and oxygen atoms in total. The molecule has 0 aliphatic rings. The molecule has 1 aromatic heterocycles. The number of aryl methyl sites for hydroxylation is 2. The van der Waals surface area contributed by atoms with Crippen LogP contribution >= 0.6 is 0 Å². The summed E-state index contributed by atoms with van der Waals surface area (Å²) in [5, 5.41) is 18.6. The van der Waals surface area contributed by atoms with E-state index >= 15 is 0 Å². The molecule has 2 N–H and O–H groups in total. The van der Waals surface area contributed by atoms with E-state index in [9.17, 15) is 5.11 Å². The lowest BCUT2D eigenvalue weighted by Gasteiger charge is -2.21. The summed E-state index contributed by atoms with van der Waals surface area (Å²) in [7, 11) is 5.16. The fourth-order valence-electron chi connectivity index (χ4n) is 3.14. The SMILES string of the molecule is CCC(NCC(O)c1cc(OC)cc(OC)c1)c1c(C)nn(C)c1C. The van der Waals surface area contributed by atoms with E-state index in [-0.39, 0.29) is 6.04 Å². The molecule has 2 aromatic rings. The minimum atomic E-state index is -0.657. The fraction of sp³-hybridized carbons (Fsp3) is 0.526. The maximum Gasteiger partial charge on any atom is 0.122 e. The zero-order chi connectivity index (χ0) is 18.6. The monoisotopic (exact) mass is 347 g/mol. The van der Waals surface area contributed by atoms with Crippen molar-refractivity contribution >= 4 is 0 Å². The van der Waals surface area contributed by atoms with E-state index in [4.69, 9.17) is 9.47 Å². The summed E-state index contributed by atoms with van der Waals surface area (Å²) in [4.78, 5) is 0. The first-order chi connectivity index (χ1) is 11.9. The number of ether oxygens (including phenoxy) is 2. The summed E-state index contributed by atoms with van der Waals surface area (Å²) in [6, 6.07) is 5.60. The average molecular weight is 347 g/mol. The lowest BCUT2D eigenvalue weighted by atomic mass is 10.0. The molecular weight excluding hydrogens is 318 g/mol. The Morgan fingerprint density at radius 3 is 2.20 bits per heavy atom. The minimum absolute atomic E-state index is 0.149. The predicted molar refractivity (Wildman–Crippen MR) is 98.2 cm³/mol. The molecule has 0 bridgehead atoms. The molecule has 25 heavy (non-hydrogen) atoms. The Bertz CT molecular complexity index is 690. The van der Waals surface area contributed by atoms with E-state index < -0.39 is 6.10 Å². The number of hydrogen-bond donors (Lipinski definition) is 2. The highest BCUT2D eigenvalue weighted by Gasteiger charge is 2.20. The molecule has 1 aromatic carbocycles. The van der Waals surface area contributed by atoms with Crippen molar-refractivity contribution in [2.75, 3.05) is 20.8 Å². The van der Waals surface area contributed by atoms with Gasteiger partial charge in [-0.05, 0) is 38.0 Å². The quantitative estimate of drug-likeness (QED) is 0.768. The average Bonchev–Trinajstić information content (AvgIpc) is 2.87. The molecule has 2 rings (SSSR count). The van der Waals surface area contributed by atoms with Crippen LogP contribution in [0.2, 0.25) is 0 Å². The maximum absolute atomic E-state index is 10.6. The van der Waals surface area contributed by atoms with Crippen molar-refractivity contribution in [3.63, 3.8) is 0 Å². The minimum Gasteiger partial charge on any atom is -0.497 e. The third kappa shape index (κ3) is 4.32. The van der Waals surface area contributed by atoms with Gasteiger partial charge in [0.1, 0.15) is 11.5 Å². The first kappa shape index (κ1) is 19.3. The van der Waals surface area contributed by atoms with Crippen molar-refractivity contribution in [3.05, 3.63) is 40.7 Å². The Hall–Kier alpha value is -2.05. The van der Waals surface area contributed by atoms with Crippen LogP contribution in [0, 0.1) is 13.8 Å². The Morgan fingerprint density at radius 2 is 1.76 bits per heavy atom. The molecule has 0 spiro atoms. The second-order valence-electron chi connectivity index (χ2n) is 6.24. The Morgan fingerprint density at radius 1 is 1.16 bits per heavy atom. The summed E-state index contributed by atoms with van der Waals surface area (Å²) >= 11 is 0. The molecular formula is C19H29N3O3. The maximum atomic E-state index is 10.6.